The third-order valence-electron chi connectivity index (χ3n) is 4.20. The molecule has 0 radical (unpaired) electrons. The number of nitrogens with two attached hydrogens (primary N) is 1. The largest absolute Gasteiger partial charge is 0.380 e. The van der Waals surface area contributed by atoms with Crippen LogP contribution in [0.4, 0.5) is 0 Å². The fraction of sp³-hybridized carbons (Fsp3) is 1.00. The number of hydrogen-bond acceptors (Lipinski definition) is 4. The van der Waals surface area contributed by atoms with Crippen molar-refractivity contribution in [2.45, 2.75) is 38.3 Å². The van der Waals surface area contributed by atoms with E-state index in [2.05, 4.69) is 30.5 Å². The summed E-state index contributed by atoms with van der Waals surface area (Å²) in [4.78, 5) is 2.59. The maximum absolute atomic E-state index is 6.13. The monoisotopic (exact) mass is 258 g/mol. The van der Waals surface area contributed by atoms with Gasteiger partial charge in [0, 0.05) is 38.0 Å². The third kappa shape index (κ3) is 2.80. The van der Waals surface area contributed by atoms with Gasteiger partial charge in [-0.1, -0.05) is 13.8 Å². The van der Waals surface area contributed by atoms with Crippen molar-refractivity contribution in [2.75, 3.05) is 38.2 Å². The van der Waals surface area contributed by atoms with E-state index in [-0.39, 0.29) is 5.54 Å². The van der Waals surface area contributed by atoms with Crippen LogP contribution in [-0.2, 0) is 4.74 Å². The first kappa shape index (κ1) is 13.7. The predicted octanol–water partition coefficient (Wildman–Crippen LogP) is 1.57. The molecule has 0 amide bonds. The Morgan fingerprint density at radius 3 is 2.71 bits per heavy atom. The Morgan fingerprint density at radius 2 is 2.18 bits per heavy atom. The number of rotatable bonds is 3. The fourth-order valence-corrected chi connectivity index (χ4v) is 4.86. The van der Waals surface area contributed by atoms with Gasteiger partial charge in [0.05, 0.1) is 6.10 Å². The molecule has 0 aromatic rings. The lowest BCUT2D eigenvalue weighted by molar-refractivity contribution is 0.0596. The van der Waals surface area contributed by atoms with Crippen LogP contribution in [-0.4, -0.2) is 54.8 Å². The summed E-state index contributed by atoms with van der Waals surface area (Å²) in [5.74, 6) is 2.44. The summed E-state index contributed by atoms with van der Waals surface area (Å²) in [7, 11) is 1.82. The molecule has 2 aliphatic rings. The van der Waals surface area contributed by atoms with Gasteiger partial charge in [-0.15, -0.1) is 0 Å². The van der Waals surface area contributed by atoms with Gasteiger partial charge in [0.2, 0.25) is 0 Å². The molecule has 0 aromatic carbocycles. The Balaban J connectivity index is 2.09. The quantitative estimate of drug-likeness (QED) is 0.834. The van der Waals surface area contributed by atoms with Crippen molar-refractivity contribution in [3.8, 4) is 0 Å². The van der Waals surface area contributed by atoms with Crippen LogP contribution in [0, 0.1) is 5.41 Å². The molecule has 2 aliphatic heterocycles. The Morgan fingerprint density at radius 1 is 1.41 bits per heavy atom. The minimum atomic E-state index is 0.208. The molecule has 2 atom stereocenters. The highest BCUT2D eigenvalue weighted by molar-refractivity contribution is 7.99. The van der Waals surface area contributed by atoms with Crippen molar-refractivity contribution in [1.82, 2.24) is 4.90 Å². The molecular formula is C13H26N2OS. The molecule has 2 heterocycles. The Labute approximate surface area is 109 Å². The van der Waals surface area contributed by atoms with Gasteiger partial charge in [-0.05, 0) is 24.0 Å². The summed E-state index contributed by atoms with van der Waals surface area (Å²) in [6, 6.07) is 0. The van der Waals surface area contributed by atoms with Gasteiger partial charge in [-0.25, -0.2) is 0 Å². The maximum atomic E-state index is 6.13. The van der Waals surface area contributed by atoms with E-state index in [1.54, 1.807) is 0 Å². The van der Waals surface area contributed by atoms with Gasteiger partial charge in [-0.3, -0.25) is 4.90 Å². The van der Waals surface area contributed by atoms with Crippen molar-refractivity contribution in [2.24, 2.45) is 11.1 Å². The molecule has 0 aliphatic carbocycles. The Kier molecular flexibility index (Phi) is 4.08. The normalized spacial score (nSPS) is 38.5. The fourth-order valence-electron chi connectivity index (χ4n) is 3.32. The molecule has 2 saturated heterocycles. The molecule has 0 saturated carbocycles. The summed E-state index contributed by atoms with van der Waals surface area (Å²) in [5, 5.41) is 0. The van der Waals surface area contributed by atoms with Crippen LogP contribution in [0.1, 0.15) is 26.7 Å². The van der Waals surface area contributed by atoms with E-state index in [9.17, 15) is 0 Å². The lowest BCUT2D eigenvalue weighted by Gasteiger charge is -2.49. The molecule has 17 heavy (non-hydrogen) atoms. The number of nitrogens with zero attached hydrogens (tertiary/aromatic N) is 1. The van der Waals surface area contributed by atoms with E-state index in [0.717, 1.165) is 26.1 Å². The molecule has 2 rings (SSSR count). The second-order valence-corrected chi connectivity index (χ2v) is 7.34. The zero-order valence-corrected chi connectivity index (χ0v) is 12.2. The summed E-state index contributed by atoms with van der Waals surface area (Å²) in [6.07, 6.45) is 2.79. The third-order valence-corrected chi connectivity index (χ3v) is 5.93. The van der Waals surface area contributed by atoms with E-state index >= 15 is 0 Å². The lowest BCUT2D eigenvalue weighted by atomic mass is 9.79. The Bertz CT molecular complexity index is 272. The molecule has 2 N–H and O–H groups in total. The van der Waals surface area contributed by atoms with Crippen LogP contribution in [0.3, 0.4) is 0 Å². The van der Waals surface area contributed by atoms with Crippen LogP contribution >= 0.6 is 11.8 Å². The summed E-state index contributed by atoms with van der Waals surface area (Å²) in [6.45, 7) is 7.72. The highest BCUT2D eigenvalue weighted by atomic mass is 32.2. The van der Waals surface area contributed by atoms with Crippen molar-refractivity contribution >= 4 is 11.8 Å². The number of likely N-dealkylation sites (tertiary alicyclic amines) is 1. The summed E-state index contributed by atoms with van der Waals surface area (Å²) in [5.41, 5.74) is 6.75. The van der Waals surface area contributed by atoms with Crippen LogP contribution < -0.4 is 5.73 Å². The molecule has 0 spiro atoms. The van der Waals surface area contributed by atoms with Gasteiger partial charge in [0.15, 0.2) is 0 Å². The second kappa shape index (κ2) is 5.08. The van der Waals surface area contributed by atoms with E-state index < -0.39 is 0 Å². The zero-order valence-electron chi connectivity index (χ0n) is 11.4. The standard InChI is InChI=1S/C13H26N2OS/c1-12(2)7-13(8-14,10-17-9-12)15-5-4-11(6-15)16-3/h11H,4-10,14H2,1-3H3. The highest BCUT2D eigenvalue weighted by Crippen LogP contribution is 2.42. The topological polar surface area (TPSA) is 38.5 Å². The molecular weight excluding hydrogens is 232 g/mol. The first-order chi connectivity index (χ1) is 8.01. The number of methoxy groups -OCH3 is 1. The van der Waals surface area contributed by atoms with E-state index in [1.807, 2.05) is 7.11 Å². The lowest BCUT2D eigenvalue weighted by Crippen LogP contribution is -2.59. The van der Waals surface area contributed by atoms with Crippen LogP contribution in [0.2, 0.25) is 0 Å². The van der Waals surface area contributed by atoms with Crippen LogP contribution in [0.15, 0.2) is 0 Å². The average molecular weight is 258 g/mol. The molecule has 100 valence electrons. The van der Waals surface area contributed by atoms with Gasteiger partial charge >= 0.3 is 0 Å². The minimum absolute atomic E-state index is 0.208. The van der Waals surface area contributed by atoms with Gasteiger partial charge in [0.25, 0.3) is 0 Å². The second-order valence-electron chi connectivity index (χ2n) is 6.35. The molecule has 2 fully saturated rings. The number of thioether (sulfide) groups is 1. The SMILES string of the molecule is COC1CCN(C2(CN)CSCC(C)(C)C2)C1. The van der Waals surface area contributed by atoms with Crippen molar-refractivity contribution in [3.05, 3.63) is 0 Å². The predicted molar refractivity (Wildman–Crippen MR) is 74.5 cm³/mol. The van der Waals surface area contributed by atoms with Crippen LogP contribution in [0.25, 0.3) is 0 Å². The van der Waals surface area contributed by atoms with Gasteiger partial charge < -0.3 is 10.5 Å². The number of ether oxygens (including phenoxy) is 1. The van der Waals surface area contributed by atoms with Crippen molar-refractivity contribution in [3.63, 3.8) is 0 Å². The zero-order chi connectivity index (χ0) is 12.5. The van der Waals surface area contributed by atoms with Crippen LogP contribution in [0.5, 0.6) is 0 Å². The molecule has 2 unspecified atom stereocenters. The van der Waals surface area contributed by atoms with Gasteiger partial charge in [-0.2, -0.15) is 11.8 Å². The number of hydrogen-bond donors (Lipinski definition) is 1. The molecule has 0 aromatic heterocycles. The first-order valence-electron chi connectivity index (χ1n) is 6.57. The van der Waals surface area contributed by atoms with E-state index in [1.165, 1.54) is 17.9 Å². The van der Waals surface area contributed by atoms with Crippen molar-refractivity contribution in [1.29, 1.82) is 0 Å². The summed E-state index contributed by atoms with van der Waals surface area (Å²) >= 11 is 2.07. The van der Waals surface area contributed by atoms with Gasteiger partial charge in [0.1, 0.15) is 0 Å². The van der Waals surface area contributed by atoms with Crippen molar-refractivity contribution < 1.29 is 4.74 Å². The Hall–Kier alpha value is 0.230. The molecule has 4 heteroatoms. The molecule has 0 bridgehead atoms. The minimum Gasteiger partial charge on any atom is -0.380 e. The first-order valence-corrected chi connectivity index (χ1v) is 7.72. The van der Waals surface area contributed by atoms with E-state index in [0.29, 0.717) is 11.5 Å². The maximum Gasteiger partial charge on any atom is 0.0710 e. The summed E-state index contributed by atoms with van der Waals surface area (Å²) < 4.78 is 5.48. The average Bonchev–Trinajstić information content (AvgIpc) is 2.76. The highest BCUT2D eigenvalue weighted by Gasteiger charge is 2.45. The smallest absolute Gasteiger partial charge is 0.0710 e. The van der Waals surface area contributed by atoms with E-state index in [4.69, 9.17) is 10.5 Å². The molecule has 3 nitrogen and oxygen atoms in total.